The Hall–Kier alpha value is -3.03. The van der Waals surface area contributed by atoms with Crippen LogP contribution in [-0.4, -0.2) is 41.0 Å². The number of carbonyl (C=O) groups excluding carboxylic acids is 2. The van der Waals surface area contributed by atoms with Gasteiger partial charge in [0.2, 0.25) is 0 Å². The molecule has 158 valence electrons. The van der Waals surface area contributed by atoms with E-state index >= 15 is 0 Å². The van der Waals surface area contributed by atoms with Crippen molar-refractivity contribution in [1.82, 2.24) is 9.91 Å². The van der Waals surface area contributed by atoms with Gasteiger partial charge in [-0.05, 0) is 23.6 Å². The van der Waals surface area contributed by atoms with Gasteiger partial charge in [-0.25, -0.2) is 9.40 Å². The monoisotopic (exact) mass is 455 g/mol. The fourth-order valence-electron chi connectivity index (χ4n) is 3.52. The minimum Gasteiger partial charge on any atom is -0.332 e. The van der Waals surface area contributed by atoms with Crippen molar-refractivity contribution in [2.75, 3.05) is 13.6 Å². The van der Waals surface area contributed by atoms with Crippen LogP contribution in [0.25, 0.3) is 0 Å². The molecule has 0 bridgehead atoms. The first-order chi connectivity index (χ1) is 15.0. The summed E-state index contributed by atoms with van der Waals surface area (Å²) in [4.78, 5) is 27.6. The van der Waals surface area contributed by atoms with Crippen LogP contribution in [0.3, 0.4) is 0 Å². The predicted molar refractivity (Wildman–Crippen MR) is 120 cm³/mol. The summed E-state index contributed by atoms with van der Waals surface area (Å²) in [5, 5.41) is 8.09. The van der Waals surface area contributed by atoms with Crippen LogP contribution in [0.1, 0.15) is 33.3 Å². The minimum absolute atomic E-state index is 0.180. The van der Waals surface area contributed by atoms with E-state index in [4.69, 9.17) is 11.6 Å². The molecule has 1 aliphatic rings. The summed E-state index contributed by atoms with van der Waals surface area (Å²) >= 11 is 7.64. The Kier molecular flexibility index (Phi) is 6.15. The van der Waals surface area contributed by atoms with Gasteiger partial charge in [0.05, 0.1) is 16.6 Å². The van der Waals surface area contributed by atoms with Crippen LogP contribution in [0, 0.1) is 5.82 Å². The van der Waals surface area contributed by atoms with E-state index in [9.17, 15) is 14.0 Å². The number of benzene rings is 2. The van der Waals surface area contributed by atoms with Crippen LogP contribution in [0.4, 0.5) is 4.39 Å². The van der Waals surface area contributed by atoms with Gasteiger partial charge in [0.25, 0.3) is 11.8 Å². The van der Waals surface area contributed by atoms with Gasteiger partial charge in [0, 0.05) is 29.6 Å². The van der Waals surface area contributed by atoms with Crippen LogP contribution < -0.4 is 0 Å². The maximum absolute atomic E-state index is 14.6. The Morgan fingerprint density at radius 3 is 2.61 bits per heavy atom. The van der Waals surface area contributed by atoms with Gasteiger partial charge < -0.3 is 4.90 Å². The number of amides is 2. The number of hydrogen-bond donors (Lipinski definition) is 0. The van der Waals surface area contributed by atoms with E-state index in [2.05, 4.69) is 5.10 Å². The standard InChI is InChI=1S/C23H19ClFN3O2S/c1-27(23(30)21-11-6-12-31-21)14-22(29)28-20(16-8-3-5-10-18(16)25)13-19(26-28)15-7-2-4-9-17(15)24/h2-12,20H,13-14H2,1H3. The second kappa shape index (κ2) is 8.99. The average molecular weight is 456 g/mol. The zero-order valence-corrected chi connectivity index (χ0v) is 18.2. The molecule has 4 rings (SSSR count). The Morgan fingerprint density at radius 1 is 1.16 bits per heavy atom. The number of nitrogens with zero attached hydrogens (tertiary/aromatic N) is 3. The Bertz CT molecular complexity index is 1150. The van der Waals surface area contributed by atoms with Crippen molar-refractivity contribution < 1.29 is 14.0 Å². The van der Waals surface area contributed by atoms with Crippen LogP contribution in [0.15, 0.2) is 71.1 Å². The lowest BCUT2D eigenvalue weighted by atomic mass is 9.98. The smallest absolute Gasteiger partial charge is 0.264 e. The van der Waals surface area contributed by atoms with E-state index in [0.717, 1.165) is 0 Å². The molecule has 1 unspecified atom stereocenters. The maximum Gasteiger partial charge on any atom is 0.264 e. The molecule has 0 radical (unpaired) electrons. The third-order valence-corrected chi connectivity index (χ3v) is 6.25. The summed E-state index contributed by atoms with van der Waals surface area (Å²) in [6, 6.07) is 16.4. The van der Waals surface area contributed by atoms with Crippen molar-refractivity contribution in [2.24, 2.45) is 5.10 Å². The lowest BCUT2D eigenvalue weighted by Crippen LogP contribution is -2.39. The molecule has 0 spiro atoms. The lowest BCUT2D eigenvalue weighted by Gasteiger charge is -2.25. The normalized spacial score (nSPS) is 15.6. The van der Waals surface area contributed by atoms with Crippen molar-refractivity contribution in [2.45, 2.75) is 12.5 Å². The van der Waals surface area contributed by atoms with Gasteiger partial charge in [-0.3, -0.25) is 9.59 Å². The van der Waals surface area contributed by atoms with Gasteiger partial charge >= 0.3 is 0 Å². The molecule has 1 aliphatic heterocycles. The van der Waals surface area contributed by atoms with E-state index in [1.165, 1.54) is 27.3 Å². The fourth-order valence-corrected chi connectivity index (χ4v) is 4.48. The van der Waals surface area contributed by atoms with E-state index in [0.29, 0.717) is 33.2 Å². The van der Waals surface area contributed by atoms with E-state index < -0.39 is 17.8 Å². The molecule has 0 fully saturated rings. The molecule has 0 N–H and O–H groups in total. The number of hydrogen-bond acceptors (Lipinski definition) is 4. The van der Waals surface area contributed by atoms with Gasteiger partial charge in [-0.2, -0.15) is 5.10 Å². The van der Waals surface area contributed by atoms with Crippen LogP contribution >= 0.6 is 22.9 Å². The van der Waals surface area contributed by atoms with Crippen molar-refractivity contribution in [1.29, 1.82) is 0 Å². The first-order valence-corrected chi connectivity index (χ1v) is 10.9. The predicted octanol–water partition coefficient (Wildman–Crippen LogP) is 4.99. The van der Waals surface area contributed by atoms with Gasteiger partial charge in [0.1, 0.15) is 12.4 Å². The highest BCUT2D eigenvalue weighted by Gasteiger charge is 2.35. The first-order valence-electron chi connectivity index (χ1n) is 9.63. The number of rotatable bonds is 5. The third-order valence-electron chi connectivity index (χ3n) is 5.07. The van der Waals surface area contributed by atoms with E-state index in [1.807, 2.05) is 18.2 Å². The molecule has 0 aliphatic carbocycles. The number of likely N-dealkylation sites (N-methyl/N-ethyl adjacent to an activating group) is 1. The highest BCUT2D eigenvalue weighted by molar-refractivity contribution is 7.12. The lowest BCUT2D eigenvalue weighted by molar-refractivity contribution is -0.133. The molecule has 0 saturated heterocycles. The Labute approximate surface area is 188 Å². The second-order valence-corrected chi connectivity index (χ2v) is 8.50. The van der Waals surface area contributed by atoms with E-state index in [-0.39, 0.29) is 12.5 Å². The van der Waals surface area contributed by atoms with Gasteiger partial charge in [-0.15, -0.1) is 11.3 Å². The SMILES string of the molecule is CN(CC(=O)N1N=C(c2ccccc2Cl)CC1c1ccccc1F)C(=O)c1cccs1. The third kappa shape index (κ3) is 4.38. The molecule has 0 saturated carbocycles. The van der Waals surface area contributed by atoms with Crippen molar-refractivity contribution in [3.8, 4) is 0 Å². The van der Waals surface area contributed by atoms with Crippen molar-refractivity contribution in [3.63, 3.8) is 0 Å². The molecule has 8 heteroatoms. The summed E-state index contributed by atoms with van der Waals surface area (Å²) in [5.74, 6) is -1.06. The second-order valence-electron chi connectivity index (χ2n) is 7.14. The molecule has 1 atom stereocenters. The minimum atomic E-state index is -0.620. The molecule has 5 nitrogen and oxygen atoms in total. The zero-order chi connectivity index (χ0) is 22.0. The topological polar surface area (TPSA) is 53.0 Å². The number of thiophene rings is 1. The summed E-state index contributed by atoms with van der Waals surface area (Å²) in [6.45, 7) is -0.180. The molecular formula is C23H19ClFN3O2S. The summed E-state index contributed by atoms with van der Waals surface area (Å²) in [5.41, 5.74) is 1.66. The highest BCUT2D eigenvalue weighted by atomic mass is 35.5. The van der Waals surface area contributed by atoms with E-state index in [1.54, 1.807) is 48.8 Å². The molecule has 1 aromatic heterocycles. The zero-order valence-electron chi connectivity index (χ0n) is 16.7. The molecule has 3 aromatic rings. The van der Waals surface area contributed by atoms with Gasteiger partial charge in [0.15, 0.2) is 0 Å². The molecular weight excluding hydrogens is 437 g/mol. The molecule has 2 aromatic carbocycles. The van der Waals surface area contributed by atoms with Crippen LogP contribution in [-0.2, 0) is 4.79 Å². The highest BCUT2D eigenvalue weighted by Crippen LogP contribution is 2.35. The molecule has 31 heavy (non-hydrogen) atoms. The summed E-state index contributed by atoms with van der Waals surface area (Å²) in [7, 11) is 1.56. The number of halogens is 2. The average Bonchev–Trinajstić information content (AvgIpc) is 3.44. The quantitative estimate of drug-likeness (QED) is 0.544. The summed E-state index contributed by atoms with van der Waals surface area (Å²) in [6.07, 6.45) is 0.318. The number of hydrazone groups is 1. The first kappa shape index (κ1) is 21.2. The number of carbonyl (C=O) groups is 2. The van der Waals surface area contributed by atoms with Crippen LogP contribution in [0.2, 0.25) is 5.02 Å². The largest absolute Gasteiger partial charge is 0.332 e. The van der Waals surface area contributed by atoms with Gasteiger partial charge in [-0.1, -0.05) is 54.1 Å². The van der Waals surface area contributed by atoms with Crippen molar-refractivity contribution in [3.05, 3.63) is 92.9 Å². The Balaban J connectivity index is 1.63. The fraction of sp³-hybridized carbons (Fsp3) is 0.174. The van der Waals surface area contributed by atoms with Crippen molar-refractivity contribution >= 4 is 40.5 Å². The Morgan fingerprint density at radius 2 is 1.90 bits per heavy atom. The van der Waals surface area contributed by atoms with Crippen LogP contribution in [0.5, 0.6) is 0 Å². The molecule has 2 amide bonds. The molecule has 2 heterocycles. The summed E-state index contributed by atoms with van der Waals surface area (Å²) < 4.78 is 14.6. The maximum atomic E-state index is 14.6.